The van der Waals surface area contributed by atoms with Crippen LogP contribution >= 0.6 is 0 Å². The van der Waals surface area contributed by atoms with Crippen LogP contribution in [0, 0.1) is 5.82 Å². The number of nitrogens with one attached hydrogen (secondary N) is 1. The summed E-state index contributed by atoms with van der Waals surface area (Å²) >= 11 is 0. The molecular formula is C15H16FN3O. The molecule has 0 aromatic heterocycles. The number of amides is 1. The van der Waals surface area contributed by atoms with E-state index in [4.69, 9.17) is 11.5 Å². The Kier molecular flexibility index (Phi) is 3.89. The molecule has 0 spiro atoms. The van der Waals surface area contributed by atoms with E-state index in [0.717, 1.165) is 0 Å². The van der Waals surface area contributed by atoms with Crippen molar-refractivity contribution in [3.8, 4) is 0 Å². The second kappa shape index (κ2) is 5.61. The number of carbonyl (C=O) groups is 1. The van der Waals surface area contributed by atoms with Crippen molar-refractivity contribution >= 4 is 17.3 Å². The van der Waals surface area contributed by atoms with Crippen molar-refractivity contribution in [1.82, 2.24) is 5.32 Å². The second-order valence-electron chi connectivity index (χ2n) is 4.61. The van der Waals surface area contributed by atoms with Crippen LogP contribution < -0.4 is 16.8 Å². The van der Waals surface area contributed by atoms with Crippen molar-refractivity contribution in [2.45, 2.75) is 13.0 Å². The largest absolute Gasteiger partial charge is 0.399 e. The Bertz CT molecular complexity index is 623. The highest BCUT2D eigenvalue weighted by molar-refractivity contribution is 5.96. The molecule has 2 aromatic rings. The van der Waals surface area contributed by atoms with E-state index in [1.165, 1.54) is 18.2 Å². The molecule has 5 heteroatoms. The van der Waals surface area contributed by atoms with Gasteiger partial charge in [-0.15, -0.1) is 0 Å². The van der Waals surface area contributed by atoms with Gasteiger partial charge in [0.2, 0.25) is 0 Å². The molecule has 2 rings (SSSR count). The van der Waals surface area contributed by atoms with Crippen molar-refractivity contribution in [2.75, 3.05) is 11.5 Å². The number of rotatable bonds is 3. The fraction of sp³-hybridized carbons (Fsp3) is 0.133. The molecule has 0 fully saturated rings. The summed E-state index contributed by atoms with van der Waals surface area (Å²) in [6, 6.07) is 10.5. The average Bonchev–Trinajstić information content (AvgIpc) is 2.37. The minimum atomic E-state index is -0.452. The molecule has 1 unspecified atom stereocenters. The number of nitrogen functional groups attached to an aromatic ring is 2. The van der Waals surface area contributed by atoms with E-state index >= 15 is 0 Å². The predicted molar refractivity (Wildman–Crippen MR) is 77.5 cm³/mol. The summed E-state index contributed by atoms with van der Waals surface area (Å²) in [5.74, 6) is -0.702. The van der Waals surface area contributed by atoms with Crippen molar-refractivity contribution < 1.29 is 9.18 Å². The minimum absolute atomic E-state index is 0.347. The van der Waals surface area contributed by atoms with Crippen molar-refractivity contribution in [3.05, 3.63) is 59.4 Å². The monoisotopic (exact) mass is 273 g/mol. The molecule has 0 aliphatic heterocycles. The molecule has 1 atom stereocenters. The number of hydrogen-bond donors (Lipinski definition) is 3. The molecule has 0 radical (unpaired) electrons. The first-order valence-electron chi connectivity index (χ1n) is 6.18. The Hall–Kier alpha value is -2.56. The van der Waals surface area contributed by atoms with Gasteiger partial charge < -0.3 is 16.8 Å². The first-order chi connectivity index (χ1) is 9.47. The average molecular weight is 273 g/mol. The molecule has 0 saturated heterocycles. The Morgan fingerprint density at radius 2 is 1.75 bits per heavy atom. The van der Waals surface area contributed by atoms with Crippen LogP contribution in [0.5, 0.6) is 0 Å². The topological polar surface area (TPSA) is 81.1 Å². The van der Waals surface area contributed by atoms with Crippen LogP contribution in [0.25, 0.3) is 0 Å². The smallest absolute Gasteiger partial charge is 0.251 e. The van der Waals surface area contributed by atoms with E-state index < -0.39 is 6.04 Å². The number of hydrogen-bond acceptors (Lipinski definition) is 3. The normalized spacial score (nSPS) is 11.9. The Labute approximate surface area is 116 Å². The Balaban J connectivity index is 2.17. The first kappa shape index (κ1) is 13.9. The van der Waals surface area contributed by atoms with Crippen LogP contribution in [-0.2, 0) is 0 Å². The number of nitrogens with two attached hydrogens (primary N) is 2. The van der Waals surface area contributed by atoms with Crippen LogP contribution in [0.1, 0.15) is 28.9 Å². The number of halogens is 1. The lowest BCUT2D eigenvalue weighted by molar-refractivity contribution is 0.0939. The van der Waals surface area contributed by atoms with E-state index in [9.17, 15) is 9.18 Å². The van der Waals surface area contributed by atoms with Gasteiger partial charge in [0, 0.05) is 22.5 Å². The van der Waals surface area contributed by atoms with Gasteiger partial charge in [0.25, 0.3) is 5.91 Å². The van der Waals surface area contributed by atoms with Crippen molar-refractivity contribution in [1.29, 1.82) is 0 Å². The molecule has 0 heterocycles. The lowest BCUT2D eigenvalue weighted by atomic mass is 10.1. The number of anilines is 2. The molecule has 0 bridgehead atoms. The molecular weight excluding hydrogens is 257 g/mol. The maximum Gasteiger partial charge on any atom is 0.251 e. The Morgan fingerprint density at radius 1 is 1.15 bits per heavy atom. The Morgan fingerprint density at radius 3 is 2.35 bits per heavy atom. The molecule has 0 aliphatic carbocycles. The van der Waals surface area contributed by atoms with E-state index in [1.807, 2.05) is 0 Å². The standard InChI is InChI=1S/C15H16FN3O/c1-9(13-4-2-3-5-14(13)16)19-15(20)10-6-11(17)8-12(18)7-10/h2-9H,17-18H2,1H3,(H,19,20). The van der Waals surface area contributed by atoms with Gasteiger partial charge in [-0.25, -0.2) is 4.39 Å². The second-order valence-corrected chi connectivity index (χ2v) is 4.61. The zero-order valence-corrected chi connectivity index (χ0v) is 11.1. The summed E-state index contributed by atoms with van der Waals surface area (Å²) in [5.41, 5.74) is 12.9. The van der Waals surface area contributed by atoms with Crippen LogP contribution in [0.15, 0.2) is 42.5 Å². The molecule has 1 amide bonds. The summed E-state index contributed by atoms with van der Waals surface area (Å²) in [4.78, 5) is 12.1. The minimum Gasteiger partial charge on any atom is -0.399 e. The molecule has 0 aliphatic rings. The summed E-state index contributed by atoms with van der Waals surface area (Å²) in [5, 5.41) is 2.72. The first-order valence-corrected chi connectivity index (χ1v) is 6.18. The fourth-order valence-electron chi connectivity index (χ4n) is 1.99. The summed E-state index contributed by atoms with van der Waals surface area (Å²) in [6.07, 6.45) is 0. The quantitative estimate of drug-likeness (QED) is 0.751. The molecule has 2 aromatic carbocycles. The zero-order valence-electron chi connectivity index (χ0n) is 11.1. The number of benzene rings is 2. The third-order valence-electron chi connectivity index (χ3n) is 2.96. The summed E-state index contributed by atoms with van der Waals surface area (Å²) < 4.78 is 13.6. The molecule has 104 valence electrons. The van der Waals surface area contributed by atoms with Crippen molar-refractivity contribution in [3.63, 3.8) is 0 Å². The van der Waals surface area contributed by atoms with Crippen LogP contribution in [-0.4, -0.2) is 5.91 Å². The highest BCUT2D eigenvalue weighted by Gasteiger charge is 2.14. The highest BCUT2D eigenvalue weighted by atomic mass is 19.1. The fourth-order valence-corrected chi connectivity index (χ4v) is 1.99. The van der Waals surface area contributed by atoms with Crippen molar-refractivity contribution in [2.24, 2.45) is 0 Å². The lowest BCUT2D eigenvalue weighted by Crippen LogP contribution is -2.27. The molecule has 20 heavy (non-hydrogen) atoms. The van der Waals surface area contributed by atoms with Gasteiger partial charge >= 0.3 is 0 Å². The maximum absolute atomic E-state index is 13.6. The van der Waals surface area contributed by atoms with Gasteiger partial charge in [0.1, 0.15) is 5.82 Å². The van der Waals surface area contributed by atoms with Gasteiger partial charge in [0.05, 0.1) is 6.04 Å². The van der Waals surface area contributed by atoms with E-state index in [-0.39, 0.29) is 11.7 Å². The summed E-state index contributed by atoms with van der Waals surface area (Å²) in [6.45, 7) is 1.71. The third-order valence-corrected chi connectivity index (χ3v) is 2.96. The SMILES string of the molecule is CC(NC(=O)c1cc(N)cc(N)c1)c1ccccc1F. The van der Waals surface area contributed by atoms with Gasteiger partial charge in [-0.1, -0.05) is 18.2 Å². The van der Waals surface area contributed by atoms with E-state index in [0.29, 0.717) is 22.5 Å². The zero-order chi connectivity index (χ0) is 14.7. The molecule has 5 N–H and O–H groups in total. The van der Waals surface area contributed by atoms with Gasteiger partial charge in [-0.2, -0.15) is 0 Å². The van der Waals surface area contributed by atoms with Crippen LogP contribution in [0.3, 0.4) is 0 Å². The molecule has 0 saturated carbocycles. The lowest BCUT2D eigenvalue weighted by Gasteiger charge is -2.15. The maximum atomic E-state index is 13.6. The van der Waals surface area contributed by atoms with Gasteiger partial charge in [-0.05, 0) is 31.2 Å². The van der Waals surface area contributed by atoms with Gasteiger partial charge in [0.15, 0.2) is 0 Å². The third kappa shape index (κ3) is 3.06. The van der Waals surface area contributed by atoms with E-state index in [2.05, 4.69) is 5.32 Å². The van der Waals surface area contributed by atoms with Crippen LogP contribution in [0.4, 0.5) is 15.8 Å². The summed E-state index contributed by atoms with van der Waals surface area (Å²) in [7, 11) is 0. The predicted octanol–water partition coefficient (Wildman–Crippen LogP) is 2.48. The van der Waals surface area contributed by atoms with Gasteiger partial charge in [-0.3, -0.25) is 4.79 Å². The number of carbonyl (C=O) groups excluding carboxylic acids is 1. The molecule has 4 nitrogen and oxygen atoms in total. The van der Waals surface area contributed by atoms with E-state index in [1.54, 1.807) is 31.2 Å². The van der Waals surface area contributed by atoms with Crippen LogP contribution in [0.2, 0.25) is 0 Å². The highest BCUT2D eigenvalue weighted by Crippen LogP contribution is 2.18.